The van der Waals surface area contributed by atoms with Gasteiger partial charge in [0.1, 0.15) is 11.1 Å². The van der Waals surface area contributed by atoms with Crippen LogP contribution < -0.4 is 0 Å². The molecule has 1 aliphatic rings. The van der Waals surface area contributed by atoms with Crippen LogP contribution >= 0.6 is 11.6 Å². The van der Waals surface area contributed by atoms with E-state index in [-0.39, 0.29) is 10.6 Å². The summed E-state index contributed by atoms with van der Waals surface area (Å²) in [5.41, 5.74) is 10.3. The smallest absolute Gasteiger partial charge is 0.191 e. The molecule has 0 amide bonds. The van der Waals surface area contributed by atoms with Gasteiger partial charge >= 0.3 is 0 Å². The van der Waals surface area contributed by atoms with E-state index in [2.05, 4.69) is 80.0 Å². The van der Waals surface area contributed by atoms with Gasteiger partial charge in [0.2, 0.25) is 0 Å². The predicted molar refractivity (Wildman–Crippen MR) is 150 cm³/mol. The van der Waals surface area contributed by atoms with E-state index in [0.29, 0.717) is 16.9 Å². The third-order valence-corrected chi connectivity index (χ3v) is 7.39. The molecular formula is C32H25ClN2O. The summed E-state index contributed by atoms with van der Waals surface area (Å²) >= 11 is 6.54. The lowest BCUT2D eigenvalue weighted by Gasteiger charge is -2.22. The minimum atomic E-state index is -0.0512. The van der Waals surface area contributed by atoms with Gasteiger partial charge in [-0.15, -0.1) is 0 Å². The van der Waals surface area contributed by atoms with Gasteiger partial charge in [0, 0.05) is 16.4 Å². The van der Waals surface area contributed by atoms with Gasteiger partial charge in [-0.05, 0) is 58.5 Å². The molecule has 0 spiro atoms. The molecule has 0 saturated carbocycles. The number of rotatable bonds is 4. The Balaban J connectivity index is 1.51. The van der Waals surface area contributed by atoms with Crippen LogP contribution in [0.15, 0.2) is 96.0 Å². The highest BCUT2D eigenvalue weighted by Gasteiger charge is 2.35. The van der Waals surface area contributed by atoms with Crippen LogP contribution in [0.4, 0.5) is 0 Å². The van der Waals surface area contributed by atoms with Gasteiger partial charge < -0.3 is 4.42 Å². The van der Waals surface area contributed by atoms with E-state index in [1.807, 2.05) is 31.2 Å². The summed E-state index contributed by atoms with van der Waals surface area (Å²) in [6.45, 7) is 10.5. The molecule has 0 fully saturated rings. The monoisotopic (exact) mass is 488 g/mol. The summed E-state index contributed by atoms with van der Waals surface area (Å²) in [6.07, 6.45) is 7.52. The van der Waals surface area contributed by atoms with Gasteiger partial charge in [-0.25, -0.2) is 9.97 Å². The van der Waals surface area contributed by atoms with E-state index in [4.69, 9.17) is 21.0 Å². The molecular weight excluding hydrogens is 464 g/mol. The van der Waals surface area contributed by atoms with Crippen molar-refractivity contribution < 1.29 is 4.42 Å². The second-order valence-electron chi connectivity index (χ2n) is 9.61. The summed E-state index contributed by atoms with van der Waals surface area (Å²) in [6, 6.07) is 21.7. The Bertz CT molecular complexity index is 1750. The molecule has 4 heteroatoms. The number of allylic oxidation sites excluding steroid dienone is 5. The van der Waals surface area contributed by atoms with Crippen molar-refractivity contribution in [3.8, 4) is 22.3 Å². The molecule has 0 radical (unpaired) electrons. The number of benzene rings is 3. The van der Waals surface area contributed by atoms with E-state index in [0.717, 1.165) is 27.7 Å². The number of hydrogen-bond acceptors (Lipinski definition) is 3. The summed E-state index contributed by atoms with van der Waals surface area (Å²) in [5.74, 6) is 0.519. The number of aromatic nitrogens is 2. The zero-order valence-corrected chi connectivity index (χ0v) is 21.2. The van der Waals surface area contributed by atoms with Crippen LogP contribution in [-0.4, -0.2) is 9.97 Å². The average molecular weight is 489 g/mol. The van der Waals surface area contributed by atoms with Crippen LogP contribution in [0, 0.1) is 0 Å². The van der Waals surface area contributed by atoms with Crippen molar-refractivity contribution in [1.29, 1.82) is 0 Å². The predicted octanol–water partition coefficient (Wildman–Crippen LogP) is 9.15. The van der Waals surface area contributed by atoms with E-state index < -0.39 is 0 Å². The van der Waals surface area contributed by atoms with Gasteiger partial charge in [-0.2, -0.15) is 0 Å². The fraction of sp³-hybridized carbons (Fsp3) is 0.125. The van der Waals surface area contributed by atoms with E-state index >= 15 is 0 Å². The van der Waals surface area contributed by atoms with Crippen molar-refractivity contribution in [2.75, 3.05) is 0 Å². The maximum atomic E-state index is 6.54. The molecule has 176 valence electrons. The fourth-order valence-corrected chi connectivity index (χ4v) is 5.44. The van der Waals surface area contributed by atoms with Crippen LogP contribution in [0.1, 0.15) is 37.7 Å². The van der Waals surface area contributed by atoms with Crippen LogP contribution in [0.5, 0.6) is 0 Å². The van der Waals surface area contributed by atoms with Crippen molar-refractivity contribution in [1.82, 2.24) is 9.97 Å². The normalized spacial score (nSPS) is 14.5. The average Bonchev–Trinajstić information content (AvgIpc) is 3.37. The molecule has 0 saturated heterocycles. The van der Waals surface area contributed by atoms with E-state index in [1.165, 1.54) is 22.3 Å². The van der Waals surface area contributed by atoms with E-state index in [9.17, 15) is 0 Å². The highest BCUT2D eigenvalue weighted by Crippen LogP contribution is 2.49. The Labute approximate surface area is 215 Å². The molecule has 36 heavy (non-hydrogen) atoms. The molecule has 1 aliphatic carbocycles. The Hall–Kier alpha value is -3.95. The fourth-order valence-electron chi connectivity index (χ4n) is 5.24. The number of furan rings is 1. The Kier molecular flexibility index (Phi) is 5.20. The van der Waals surface area contributed by atoms with E-state index in [1.54, 1.807) is 6.08 Å². The molecule has 2 heterocycles. The SMILES string of the molecule is C=C/C(=C\C=C/C)c1nc(Cl)c2oc3ccc(-c4ccc5c(c4)C(C)(C)c4ccccc4-5)cc3c2n1. The maximum Gasteiger partial charge on any atom is 0.191 e. The largest absolute Gasteiger partial charge is 0.451 e. The van der Waals surface area contributed by atoms with Crippen molar-refractivity contribution in [3.63, 3.8) is 0 Å². The third-order valence-electron chi connectivity index (χ3n) is 7.13. The first kappa shape index (κ1) is 22.5. The van der Waals surface area contributed by atoms with Crippen molar-refractivity contribution in [2.45, 2.75) is 26.2 Å². The van der Waals surface area contributed by atoms with Gasteiger partial charge in [-0.1, -0.05) is 98.8 Å². The molecule has 5 aromatic rings. The molecule has 0 bridgehead atoms. The lowest BCUT2D eigenvalue weighted by molar-refractivity contribution is 0.660. The first-order valence-corrected chi connectivity index (χ1v) is 12.4. The minimum absolute atomic E-state index is 0.0512. The molecule has 3 aromatic carbocycles. The second-order valence-corrected chi connectivity index (χ2v) is 9.97. The van der Waals surface area contributed by atoms with Crippen molar-refractivity contribution in [2.24, 2.45) is 0 Å². The summed E-state index contributed by atoms with van der Waals surface area (Å²) in [7, 11) is 0. The molecule has 0 aliphatic heterocycles. The Morgan fingerprint density at radius 2 is 1.69 bits per heavy atom. The zero-order valence-electron chi connectivity index (χ0n) is 20.5. The number of halogens is 1. The molecule has 3 nitrogen and oxygen atoms in total. The lowest BCUT2D eigenvalue weighted by Crippen LogP contribution is -2.14. The van der Waals surface area contributed by atoms with Crippen LogP contribution in [0.2, 0.25) is 5.15 Å². The topological polar surface area (TPSA) is 38.9 Å². The Morgan fingerprint density at radius 3 is 2.50 bits per heavy atom. The molecule has 0 N–H and O–H groups in total. The summed E-state index contributed by atoms with van der Waals surface area (Å²) in [5, 5.41) is 1.20. The lowest BCUT2D eigenvalue weighted by atomic mass is 9.81. The first-order chi connectivity index (χ1) is 17.4. The van der Waals surface area contributed by atoms with Gasteiger partial charge in [-0.3, -0.25) is 0 Å². The van der Waals surface area contributed by atoms with Crippen molar-refractivity contribution in [3.05, 3.63) is 114 Å². The quantitative estimate of drug-likeness (QED) is 0.187. The molecule has 0 unspecified atom stereocenters. The summed E-state index contributed by atoms with van der Waals surface area (Å²) in [4.78, 5) is 9.29. The number of fused-ring (bicyclic) bond motifs is 6. The molecule has 6 rings (SSSR count). The number of nitrogens with zero attached hydrogens (tertiary/aromatic N) is 2. The van der Waals surface area contributed by atoms with Crippen LogP contribution in [0.3, 0.4) is 0 Å². The summed E-state index contributed by atoms with van der Waals surface area (Å²) < 4.78 is 6.06. The van der Waals surface area contributed by atoms with Gasteiger partial charge in [0.05, 0.1) is 0 Å². The highest BCUT2D eigenvalue weighted by molar-refractivity contribution is 6.34. The van der Waals surface area contributed by atoms with Crippen molar-refractivity contribution >= 4 is 39.2 Å². The Morgan fingerprint density at radius 1 is 0.944 bits per heavy atom. The van der Waals surface area contributed by atoms with Crippen LogP contribution in [0.25, 0.3) is 49.9 Å². The van der Waals surface area contributed by atoms with Gasteiger partial charge in [0.15, 0.2) is 16.6 Å². The highest BCUT2D eigenvalue weighted by atomic mass is 35.5. The van der Waals surface area contributed by atoms with Gasteiger partial charge in [0.25, 0.3) is 0 Å². The maximum absolute atomic E-state index is 6.54. The zero-order chi connectivity index (χ0) is 25.0. The standard InChI is InChI=1S/C32H25ClN2O/c1-5-7-10-19(6-2)31-34-28-24-17-20(14-16-27(24)36-29(28)30(33)35-31)21-13-15-23-22-11-8-9-12-25(22)32(3,4)26(23)18-21/h5-18H,2H2,1,3-4H3/b7-5-,19-10+. The number of hydrogen-bond donors (Lipinski definition) is 0. The molecule has 0 atom stereocenters. The minimum Gasteiger partial charge on any atom is -0.451 e. The third kappa shape index (κ3) is 3.35. The van der Waals surface area contributed by atoms with Crippen LogP contribution in [-0.2, 0) is 5.41 Å². The molecule has 2 aromatic heterocycles. The first-order valence-electron chi connectivity index (χ1n) is 12.0. The second kappa shape index (κ2) is 8.32.